The van der Waals surface area contributed by atoms with E-state index >= 15 is 0 Å². The Labute approximate surface area is 152 Å². The van der Waals surface area contributed by atoms with E-state index < -0.39 is 0 Å². The number of thiophene rings is 3. The van der Waals surface area contributed by atoms with Crippen LogP contribution in [-0.2, 0) is 0 Å². The highest BCUT2D eigenvalue weighted by Crippen LogP contribution is 2.40. The molecule has 4 heterocycles. The van der Waals surface area contributed by atoms with E-state index in [1.54, 1.807) is 17.7 Å². The van der Waals surface area contributed by atoms with Crippen LogP contribution in [0.3, 0.4) is 0 Å². The zero-order chi connectivity index (χ0) is 16.2. The fourth-order valence-electron chi connectivity index (χ4n) is 2.41. The quantitative estimate of drug-likeness (QED) is 0.367. The van der Waals surface area contributed by atoms with Gasteiger partial charge in [0.15, 0.2) is 0 Å². The zero-order valence-electron chi connectivity index (χ0n) is 12.7. The molecule has 0 aliphatic heterocycles. The molecule has 0 bridgehead atoms. The summed E-state index contributed by atoms with van der Waals surface area (Å²) < 4.78 is 0. The lowest BCUT2D eigenvalue weighted by atomic mass is 10.2. The molecule has 2 nitrogen and oxygen atoms in total. The predicted octanol–water partition coefficient (Wildman–Crippen LogP) is 6.77. The molecule has 0 unspecified atom stereocenters. The van der Waals surface area contributed by atoms with E-state index in [4.69, 9.17) is 0 Å². The highest BCUT2D eigenvalue weighted by Gasteiger charge is 2.09. The summed E-state index contributed by atoms with van der Waals surface area (Å²) in [5.41, 5.74) is 3.49. The van der Waals surface area contributed by atoms with Crippen LogP contribution < -0.4 is 0 Å². The number of imidazole rings is 1. The van der Waals surface area contributed by atoms with Crippen molar-refractivity contribution in [3.8, 4) is 20.2 Å². The van der Waals surface area contributed by atoms with Gasteiger partial charge in [-0.15, -0.1) is 34.0 Å². The van der Waals surface area contributed by atoms with Crippen molar-refractivity contribution in [2.75, 3.05) is 0 Å². The minimum absolute atomic E-state index is 1.03. The molecule has 24 heavy (non-hydrogen) atoms. The monoisotopic (exact) mass is 366 g/mol. The second kappa shape index (κ2) is 7.13. The second-order valence-corrected chi connectivity index (χ2v) is 7.85. The number of aromatic amines is 1. The van der Waals surface area contributed by atoms with Gasteiger partial charge in [0.05, 0.1) is 22.2 Å². The lowest BCUT2D eigenvalue weighted by molar-refractivity contribution is 1.34. The number of hydrogen-bond donors (Lipinski definition) is 1. The first-order valence-corrected chi connectivity index (χ1v) is 10.1. The lowest BCUT2D eigenvalue weighted by Crippen LogP contribution is -1.69. The number of rotatable bonds is 2. The minimum atomic E-state index is 1.03. The number of nitrogens with zero attached hydrogens (tertiary/aromatic N) is 1. The van der Waals surface area contributed by atoms with Crippen molar-refractivity contribution in [3.05, 3.63) is 77.1 Å². The Morgan fingerprint density at radius 1 is 0.708 bits per heavy atom. The number of aromatic nitrogens is 2. The van der Waals surface area contributed by atoms with E-state index in [1.807, 2.05) is 46.9 Å². The minimum Gasteiger partial charge on any atom is -0.345 e. The van der Waals surface area contributed by atoms with E-state index in [2.05, 4.69) is 56.4 Å². The molecule has 0 atom stereocenters. The molecule has 5 aromatic rings. The molecule has 0 saturated heterocycles. The molecule has 4 aromatic heterocycles. The largest absolute Gasteiger partial charge is 0.345 e. The molecule has 0 fully saturated rings. The summed E-state index contributed by atoms with van der Waals surface area (Å²) in [6.07, 6.45) is 1.70. The molecule has 1 N–H and O–H groups in total. The molecule has 0 spiro atoms. The summed E-state index contributed by atoms with van der Waals surface area (Å²) in [5, 5.41) is 6.43. The molecule has 0 aliphatic carbocycles. The van der Waals surface area contributed by atoms with Crippen molar-refractivity contribution in [3.63, 3.8) is 0 Å². The van der Waals surface area contributed by atoms with Crippen LogP contribution in [0.5, 0.6) is 0 Å². The van der Waals surface area contributed by atoms with Crippen LogP contribution >= 0.6 is 34.0 Å². The van der Waals surface area contributed by atoms with E-state index in [9.17, 15) is 0 Å². The molecule has 118 valence electrons. The molecule has 0 radical (unpaired) electrons. The first-order valence-electron chi connectivity index (χ1n) is 7.45. The molecular formula is C19H14N2S3. The Bertz CT molecular complexity index is 929. The van der Waals surface area contributed by atoms with Crippen molar-refractivity contribution in [2.45, 2.75) is 0 Å². The van der Waals surface area contributed by atoms with Gasteiger partial charge in [-0.05, 0) is 46.5 Å². The van der Waals surface area contributed by atoms with Crippen molar-refractivity contribution in [2.24, 2.45) is 0 Å². The summed E-state index contributed by atoms with van der Waals surface area (Å²) in [7, 11) is 0. The third-order valence-corrected chi connectivity index (χ3v) is 6.39. The first kappa shape index (κ1) is 15.3. The van der Waals surface area contributed by atoms with Crippen molar-refractivity contribution in [1.82, 2.24) is 9.97 Å². The lowest BCUT2D eigenvalue weighted by Gasteiger charge is -1.97. The fourth-order valence-corrected chi connectivity index (χ4v) is 5.03. The van der Waals surface area contributed by atoms with Crippen LogP contribution in [0.4, 0.5) is 0 Å². The van der Waals surface area contributed by atoms with Crippen LogP contribution in [0.2, 0.25) is 0 Å². The summed E-state index contributed by atoms with van der Waals surface area (Å²) >= 11 is 5.43. The van der Waals surface area contributed by atoms with Crippen LogP contribution in [0, 0.1) is 0 Å². The molecule has 5 heteroatoms. The van der Waals surface area contributed by atoms with E-state index in [-0.39, 0.29) is 0 Å². The number of fused-ring (bicyclic) bond motifs is 1. The number of benzene rings is 1. The summed E-state index contributed by atoms with van der Waals surface area (Å²) in [4.78, 5) is 11.2. The Kier molecular flexibility index (Phi) is 4.55. The van der Waals surface area contributed by atoms with Crippen LogP contribution in [0.25, 0.3) is 31.2 Å². The molecular weight excluding hydrogens is 352 g/mol. The summed E-state index contributed by atoms with van der Waals surface area (Å²) in [5.74, 6) is 0. The Morgan fingerprint density at radius 3 is 2.25 bits per heavy atom. The van der Waals surface area contributed by atoms with Gasteiger partial charge in [-0.2, -0.15) is 0 Å². The van der Waals surface area contributed by atoms with Crippen molar-refractivity contribution < 1.29 is 0 Å². The van der Waals surface area contributed by atoms with E-state index in [1.165, 1.54) is 20.2 Å². The fraction of sp³-hybridized carbons (Fsp3) is 0. The third-order valence-electron chi connectivity index (χ3n) is 3.52. The van der Waals surface area contributed by atoms with Gasteiger partial charge in [0.2, 0.25) is 0 Å². The number of nitrogens with one attached hydrogen (secondary N) is 1. The predicted molar refractivity (Wildman–Crippen MR) is 107 cm³/mol. The standard InChI is InChI=1S/C12H8S3.C7H6N2/c1-3-10(13-6-1)9-5-8-15-12(9)11-4-2-7-14-11;1-2-4-7-6(3-1)8-5-9-7/h1-8H;1-5H,(H,8,9). The zero-order valence-corrected chi connectivity index (χ0v) is 15.1. The van der Waals surface area contributed by atoms with Gasteiger partial charge < -0.3 is 4.98 Å². The van der Waals surface area contributed by atoms with Gasteiger partial charge in [0, 0.05) is 15.3 Å². The Morgan fingerprint density at radius 2 is 1.50 bits per heavy atom. The maximum absolute atomic E-state index is 4.06. The van der Waals surface area contributed by atoms with Crippen molar-refractivity contribution in [1.29, 1.82) is 0 Å². The van der Waals surface area contributed by atoms with Crippen LogP contribution in [0.1, 0.15) is 0 Å². The molecule has 5 rings (SSSR count). The van der Waals surface area contributed by atoms with Gasteiger partial charge in [-0.3, -0.25) is 0 Å². The first-order chi connectivity index (χ1) is 11.9. The number of para-hydroxylation sites is 2. The van der Waals surface area contributed by atoms with Gasteiger partial charge in [0.25, 0.3) is 0 Å². The average molecular weight is 367 g/mol. The second-order valence-electron chi connectivity index (χ2n) is 5.04. The van der Waals surface area contributed by atoms with E-state index in [0.29, 0.717) is 0 Å². The molecule has 0 saturated carbocycles. The topological polar surface area (TPSA) is 28.7 Å². The van der Waals surface area contributed by atoms with Gasteiger partial charge in [-0.1, -0.05) is 24.3 Å². The maximum Gasteiger partial charge on any atom is 0.0931 e. The molecule has 0 amide bonds. The molecule has 0 aliphatic rings. The number of hydrogen-bond acceptors (Lipinski definition) is 4. The van der Waals surface area contributed by atoms with Crippen molar-refractivity contribution >= 4 is 45.0 Å². The third kappa shape index (κ3) is 3.19. The van der Waals surface area contributed by atoms with Gasteiger partial charge in [-0.25, -0.2) is 4.98 Å². The Hall–Kier alpha value is -2.21. The summed E-state index contributed by atoms with van der Waals surface area (Å²) in [6.45, 7) is 0. The van der Waals surface area contributed by atoms with Gasteiger partial charge in [0.1, 0.15) is 0 Å². The maximum atomic E-state index is 4.06. The van der Waals surface area contributed by atoms with E-state index in [0.717, 1.165) is 11.0 Å². The highest BCUT2D eigenvalue weighted by molar-refractivity contribution is 7.21. The summed E-state index contributed by atoms with van der Waals surface area (Å²) in [6, 6.07) is 18.7. The number of H-pyrrole nitrogens is 1. The smallest absolute Gasteiger partial charge is 0.0931 e. The highest BCUT2D eigenvalue weighted by atomic mass is 32.1. The molecule has 1 aromatic carbocycles. The van der Waals surface area contributed by atoms with Gasteiger partial charge >= 0.3 is 0 Å². The SMILES string of the molecule is c1ccc2[nH]cnc2c1.c1csc(-c2ccsc2-c2cccs2)c1. The Balaban J connectivity index is 0.000000138. The average Bonchev–Trinajstić information content (AvgIpc) is 3.43. The van der Waals surface area contributed by atoms with Crippen LogP contribution in [-0.4, -0.2) is 9.97 Å². The normalized spacial score (nSPS) is 10.5. The van der Waals surface area contributed by atoms with Crippen LogP contribution in [0.15, 0.2) is 77.1 Å².